The highest BCUT2D eigenvalue weighted by Crippen LogP contribution is 2.24. The normalized spacial score (nSPS) is 10.9. The third-order valence-corrected chi connectivity index (χ3v) is 2.49. The Morgan fingerprint density at radius 2 is 2.16 bits per heavy atom. The first-order valence-corrected chi connectivity index (χ1v) is 5.56. The quantitative estimate of drug-likeness (QED) is 0.615. The maximum absolute atomic E-state index is 12.0. The lowest BCUT2D eigenvalue weighted by atomic mass is 10.1. The minimum absolute atomic E-state index is 0.0539. The van der Waals surface area contributed by atoms with Crippen LogP contribution in [-0.4, -0.2) is 35.2 Å². The summed E-state index contributed by atoms with van der Waals surface area (Å²) in [5.74, 6) is -0.309. The van der Waals surface area contributed by atoms with E-state index in [1.165, 1.54) is 19.2 Å². The number of nitro groups is 1. The fraction of sp³-hybridized carbons (Fsp3) is 0.417. The molecule has 19 heavy (non-hydrogen) atoms. The fourth-order valence-corrected chi connectivity index (χ4v) is 1.40. The Labute approximate surface area is 110 Å². The first-order valence-electron chi connectivity index (χ1n) is 5.56. The molecule has 0 aromatic heterocycles. The molecule has 0 aliphatic heterocycles. The second-order valence-corrected chi connectivity index (χ2v) is 4.64. The Bertz CT molecular complexity index is 499. The van der Waals surface area contributed by atoms with Gasteiger partial charge < -0.3 is 15.2 Å². The number of carbonyl (C=O) groups is 1. The third-order valence-electron chi connectivity index (χ3n) is 2.49. The van der Waals surface area contributed by atoms with Crippen molar-refractivity contribution in [1.82, 2.24) is 5.32 Å². The van der Waals surface area contributed by atoms with Crippen molar-refractivity contribution in [3.63, 3.8) is 0 Å². The molecule has 0 aliphatic rings. The number of carbonyl (C=O) groups excluding carboxylic acids is 1. The van der Waals surface area contributed by atoms with Crippen LogP contribution in [0.4, 0.5) is 5.69 Å². The number of nitro benzene ring substituents is 1. The molecule has 0 bridgehead atoms. The van der Waals surface area contributed by atoms with Gasteiger partial charge in [0.2, 0.25) is 0 Å². The van der Waals surface area contributed by atoms with Crippen LogP contribution in [0, 0.1) is 10.1 Å². The molecule has 0 spiro atoms. The number of nitrogens with one attached hydrogen (secondary N) is 1. The van der Waals surface area contributed by atoms with Gasteiger partial charge in [-0.1, -0.05) is 0 Å². The van der Waals surface area contributed by atoms with Crippen molar-refractivity contribution in [2.45, 2.75) is 19.4 Å². The van der Waals surface area contributed by atoms with Gasteiger partial charge in [0.15, 0.2) is 0 Å². The molecule has 0 saturated heterocycles. The summed E-state index contributed by atoms with van der Waals surface area (Å²) in [5.41, 5.74) is -0.974. The second kappa shape index (κ2) is 5.66. The molecule has 0 radical (unpaired) electrons. The molecule has 1 aromatic rings. The van der Waals surface area contributed by atoms with Crippen LogP contribution in [0.25, 0.3) is 0 Å². The molecule has 0 saturated carbocycles. The number of aliphatic hydroxyl groups is 1. The number of aliphatic hydroxyl groups excluding tert-OH is 1. The number of nitrogens with zero attached hydrogens (tertiary/aromatic N) is 1. The fourth-order valence-electron chi connectivity index (χ4n) is 1.40. The van der Waals surface area contributed by atoms with Crippen LogP contribution in [0.15, 0.2) is 18.2 Å². The maximum Gasteiger partial charge on any atom is 0.270 e. The number of hydrogen-bond donors (Lipinski definition) is 2. The molecular formula is C12H16N2O5. The summed E-state index contributed by atoms with van der Waals surface area (Å²) in [7, 11) is 1.37. The van der Waals surface area contributed by atoms with Gasteiger partial charge in [0.05, 0.1) is 29.7 Å². The number of rotatable bonds is 5. The third kappa shape index (κ3) is 3.65. The molecule has 1 amide bonds. The molecule has 0 fully saturated rings. The van der Waals surface area contributed by atoms with Gasteiger partial charge in [-0.2, -0.15) is 0 Å². The van der Waals surface area contributed by atoms with Crippen LogP contribution in [-0.2, 0) is 0 Å². The lowest BCUT2D eigenvalue weighted by Crippen LogP contribution is -2.46. The number of methoxy groups -OCH3 is 1. The number of non-ortho nitro benzene ring substituents is 1. The number of benzene rings is 1. The van der Waals surface area contributed by atoms with E-state index >= 15 is 0 Å². The monoisotopic (exact) mass is 268 g/mol. The zero-order valence-corrected chi connectivity index (χ0v) is 11.0. The van der Waals surface area contributed by atoms with Crippen LogP contribution < -0.4 is 10.1 Å². The predicted molar refractivity (Wildman–Crippen MR) is 68.3 cm³/mol. The van der Waals surface area contributed by atoms with Crippen molar-refractivity contribution in [3.8, 4) is 5.75 Å². The molecule has 0 heterocycles. The first-order chi connectivity index (χ1) is 8.80. The highest BCUT2D eigenvalue weighted by atomic mass is 16.6. The van der Waals surface area contributed by atoms with Gasteiger partial charge >= 0.3 is 0 Å². The van der Waals surface area contributed by atoms with E-state index in [4.69, 9.17) is 9.84 Å². The second-order valence-electron chi connectivity index (χ2n) is 4.64. The molecule has 7 heteroatoms. The lowest BCUT2D eigenvalue weighted by molar-refractivity contribution is -0.384. The van der Waals surface area contributed by atoms with Gasteiger partial charge in [-0.25, -0.2) is 0 Å². The molecule has 0 unspecified atom stereocenters. The van der Waals surface area contributed by atoms with Gasteiger partial charge in [-0.15, -0.1) is 0 Å². The van der Waals surface area contributed by atoms with Gasteiger partial charge in [0, 0.05) is 12.1 Å². The highest BCUT2D eigenvalue weighted by Gasteiger charge is 2.23. The molecule has 0 aliphatic carbocycles. The molecule has 0 atom stereocenters. The molecule has 1 rings (SSSR count). The smallest absolute Gasteiger partial charge is 0.270 e. The average Bonchev–Trinajstić information content (AvgIpc) is 2.37. The van der Waals surface area contributed by atoms with Crippen molar-refractivity contribution in [3.05, 3.63) is 33.9 Å². The van der Waals surface area contributed by atoms with E-state index in [0.717, 1.165) is 6.07 Å². The van der Waals surface area contributed by atoms with Crippen molar-refractivity contribution < 1.29 is 19.6 Å². The Morgan fingerprint density at radius 3 is 2.63 bits per heavy atom. The Hall–Kier alpha value is -2.15. The van der Waals surface area contributed by atoms with Crippen molar-refractivity contribution >= 4 is 11.6 Å². The topological polar surface area (TPSA) is 102 Å². The van der Waals surface area contributed by atoms with E-state index in [0.29, 0.717) is 0 Å². The van der Waals surface area contributed by atoms with E-state index in [1.807, 2.05) is 0 Å². The van der Waals surface area contributed by atoms with E-state index in [1.54, 1.807) is 13.8 Å². The highest BCUT2D eigenvalue weighted by molar-refractivity contribution is 5.98. The predicted octanol–water partition coefficient (Wildman–Crippen LogP) is 1.10. The van der Waals surface area contributed by atoms with Crippen LogP contribution >= 0.6 is 0 Å². The van der Waals surface area contributed by atoms with Crippen LogP contribution in [0.2, 0.25) is 0 Å². The molecule has 104 valence electrons. The van der Waals surface area contributed by atoms with E-state index in [-0.39, 0.29) is 23.6 Å². The summed E-state index contributed by atoms with van der Waals surface area (Å²) in [4.78, 5) is 22.2. The van der Waals surface area contributed by atoms with Gasteiger partial charge in [-0.3, -0.25) is 14.9 Å². The van der Waals surface area contributed by atoms with Gasteiger partial charge in [-0.05, 0) is 19.9 Å². The summed E-state index contributed by atoms with van der Waals surface area (Å²) in [6, 6.07) is 3.76. The Balaban J connectivity index is 3.13. The maximum atomic E-state index is 12.0. The van der Waals surface area contributed by atoms with Crippen molar-refractivity contribution in [1.29, 1.82) is 0 Å². The molecule has 1 aromatic carbocycles. The van der Waals surface area contributed by atoms with Gasteiger partial charge in [0.1, 0.15) is 5.75 Å². The zero-order valence-electron chi connectivity index (χ0n) is 11.0. The number of ether oxygens (including phenoxy) is 1. The molecular weight excluding hydrogens is 252 g/mol. The molecule has 2 N–H and O–H groups in total. The van der Waals surface area contributed by atoms with E-state index in [2.05, 4.69) is 5.32 Å². The number of amides is 1. The Morgan fingerprint density at radius 1 is 1.53 bits per heavy atom. The SMILES string of the molecule is COc1ccc([N+](=O)[O-])cc1C(=O)NC(C)(C)CO. The summed E-state index contributed by atoms with van der Waals surface area (Å²) in [6.45, 7) is 3.01. The zero-order chi connectivity index (χ0) is 14.6. The Kier molecular flexibility index (Phi) is 4.44. The minimum Gasteiger partial charge on any atom is -0.496 e. The lowest BCUT2D eigenvalue weighted by Gasteiger charge is -2.23. The summed E-state index contributed by atoms with van der Waals surface area (Å²) in [5, 5.41) is 22.4. The van der Waals surface area contributed by atoms with Crippen LogP contribution in [0.1, 0.15) is 24.2 Å². The van der Waals surface area contributed by atoms with E-state index < -0.39 is 16.4 Å². The minimum atomic E-state index is -0.827. The van der Waals surface area contributed by atoms with Crippen molar-refractivity contribution in [2.75, 3.05) is 13.7 Å². The van der Waals surface area contributed by atoms with E-state index in [9.17, 15) is 14.9 Å². The first kappa shape index (κ1) is 14.9. The largest absolute Gasteiger partial charge is 0.496 e. The standard InChI is InChI=1S/C12H16N2O5/c1-12(2,7-15)13-11(16)9-6-8(14(17)18)4-5-10(9)19-3/h4-6,15H,7H2,1-3H3,(H,13,16). The average molecular weight is 268 g/mol. The van der Waals surface area contributed by atoms with Crippen molar-refractivity contribution in [2.24, 2.45) is 0 Å². The summed E-state index contributed by atoms with van der Waals surface area (Å²) < 4.78 is 5.00. The summed E-state index contributed by atoms with van der Waals surface area (Å²) >= 11 is 0. The van der Waals surface area contributed by atoms with Gasteiger partial charge in [0.25, 0.3) is 11.6 Å². The van der Waals surface area contributed by atoms with Crippen LogP contribution in [0.5, 0.6) is 5.75 Å². The number of hydrogen-bond acceptors (Lipinski definition) is 5. The molecule has 7 nitrogen and oxygen atoms in total. The summed E-state index contributed by atoms with van der Waals surface area (Å²) in [6.07, 6.45) is 0. The van der Waals surface area contributed by atoms with Crippen LogP contribution in [0.3, 0.4) is 0 Å².